The Morgan fingerprint density at radius 1 is 1.13 bits per heavy atom. The van der Waals surface area contributed by atoms with Crippen LogP contribution in [0.15, 0.2) is 30.5 Å². The molecule has 1 heterocycles. The van der Waals surface area contributed by atoms with Gasteiger partial charge in [0.15, 0.2) is 0 Å². The number of hydrogen-bond acceptors (Lipinski definition) is 2. The van der Waals surface area contributed by atoms with Gasteiger partial charge in [-0.25, -0.2) is 0 Å². The highest BCUT2D eigenvalue weighted by molar-refractivity contribution is 5.82. The van der Waals surface area contributed by atoms with Gasteiger partial charge in [-0.3, -0.25) is 4.98 Å². The third-order valence-corrected chi connectivity index (χ3v) is 4.72. The zero-order valence-corrected chi connectivity index (χ0v) is 15.3. The minimum atomic E-state index is 0.724. The summed E-state index contributed by atoms with van der Waals surface area (Å²) in [4.78, 5) is 7.09. The van der Waals surface area contributed by atoms with Crippen LogP contribution in [0, 0.1) is 12.8 Å². The molecule has 1 unspecified atom stereocenters. The molecular weight excluding hydrogens is 280 g/mol. The van der Waals surface area contributed by atoms with Crippen molar-refractivity contribution >= 4 is 10.9 Å². The molecule has 2 nitrogen and oxygen atoms in total. The van der Waals surface area contributed by atoms with E-state index in [4.69, 9.17) is 0 Å². The second-order valence-corrected chi connectivity index (χ2v) is 6.88. The van der Waals surface area contributed by atoms with Gasteiger partial charge in [-0.15, -0.1) is 0 Å². The Morgan fingerprint density at radius 2 is 1.96 bits per heavy atom. The predicted octanol–water partition coefficient (Wildman–Crippen LogP) is 5.23. The number of aromatic nitrogens is 1. The molecule has 23 heavy (non-hydrogen) atoms. The Balaban J connectivity index is 1.91. The maximum atomic E-state index is 4.52. The predicted molar refractivity (Wildman–Crippen MR) is 101 cm³/mol. The second kappa shape index (κ2) is 9.02. The lowest BCUT2D eigenvalue weighted by molar-refractivity contribution is 0.275. The molecule has 0 spiro atoms. The Hall–Kier alpha value is -1.41. The van der Waals surface area contributed by atoms with Gasteiger partial charge in [-0.05, 0) is 81.4 Å². The van der Waals surface area contributed by atoms with Crippen molar-refractivity contribution in [2.24, 2.45) is 5.92 Å². The minimum Gasteiger partial charge on any atom is -0.304 e. The lowest BCUT2D eigenvalue weighted by Crippen LogP contribution is -2.25. The number of pyridine rings is 1. The number of fused-ring (bicyclic) bond motifs is 1. The molecule has 0 fully saturated rings. The fraction of sp³-hybridized carbons (Fsp3) is 0.571. The molecule has 1 aromatic heterocycles. The highest BCUT2D eigenvalue weighted by Gasteiger charge is 2.09. The minimum absolute atomic E-state index is 0.724. The molecule has 126 valence electrons. The van der Waals surface area contributed by atoms with Crippen molar-refractivity contribution in [1.29, 1.82) is 0 Å². The monoisotopic (exact) mass is 312 g/mol. The van der Waals surface area contributed by atoms with Crippen molar-refractivity contribution < 1.29 is 0 Å². The summed E-state index contributed by atoms with van der Waals surface area (Å²) in [6.07, 6.45) is 6.98. The van der Waals surface area contributed by atoms with Gasteiger partial charge in [0.1, 0.15) is 0 Å². The second-order valence-electron chi connectivity index (χ2n) is 6.88. The van der Waals surface area contributed by atoms with Crippen molar-refractivity contribution in [2.45, 2.75) is 53.4 Å². The molecule has 0 radical (unpaired) electrons. The van der Waals surface area contributed by atoms with Crippen LogP contribution in [-0.4, -0.2) is 29.5 Å². The van der Waals surface area contributed by atoms with E-state index in [1.54, 1.807) is 0 Å². The van der Waals surface area contributed by atoms with Gasteiger partial charge >= 0.3 is 0 Å². The Kier molecular flexibility index (Phi) is 7.04. The smallest absolute Gasteiger partial charge is 0.0707 e. The zero-order chi connectivity index (χ0) is 16.7. The normalized spacial score (nSPS) is 12.9. The first kappa shape index (κ1) is 17.9. The van der Waals surface area contributed by atoms with Crippen molar-refractivity contribution in [1.82, 2.24) is 9.88 Å². The topological polar surface area (TPSA) is 16.1 Å². The van der Waals surface area contributed by atoms with Crippen molar-refractivity contribution in [3.05, 3.63) is 41.6 Å². The summed E-state index contributed by atoms with van der Waals surface area (Å²) in [6.45, 7) is 12.7. The highest BCUT2D eigenvalue weighted by atomic mass is 15.1. The average molecular weight is 313 g/mol. The fourth-order valence-electron chi connectivity index (χ4n) is 3.38. The number of rotatable bonds is 9. The van der Waals surface area contributed by atoms with E-state index in [-0.39, 0.29) is 0 Å². The quantitative estimate of drug-likeness (QED) is 0.630. The fourth-order valence-corrected chi connectivity index (χ4v) is 3.38. The molecule has 1 aromatic carbocycles. The van der Waals surface area contributed by atoms with Crippen molar-refractivity contribution in [3.8, 4) is 0 Å². The van der Waals surface area contributed by atoms with Gasteiger partial charge in [0.05, 0.1) is 5.52 Å². The third kappa shape index (κ3) is 5.31. The van der Waals surface area contributed by atoms with E-state index in [9.17, 15) is 0 Å². The molecule has 2 rings (SSSR count). The molecule has 2 aromatic rings. The first-order valence-electron chi connectivity index (χ1n) is 9.20. The molecule has 0 N–H and O–H groups in total. The van der Waals surface area contributed by atoms with Crippen LogP contribution in [0.3, 0.4) is 0 Å². The first-order valence-corrected chi connectivity index (χ1v) is 9.20. The van der Waals surface area contributed by atoms with Crippen LogP contribution >= 0.6 is 0 Å². The van der Waals surface area contributed by atoms with Crippen LogP contribution in [0.5, 0.6) is 0 Å². The summed E-state index contributed by atoms with van der Waals surface area (Å²) in [6, 6.07) is 8.82. The standard InChI is InChI=1S/C21H32N2/c1-5-13-23(6-2)14-7-8-17(3)15-19-11-12-22-21-16-18(4)9-10-20(19)21/h9-12,16-17H,5-8,13-15H2,1-4H3. The van der Waals surface area contributed by atoms with Gasteiger partial charge in [0.2, 0.25) is 0 Å². The summed E-state index contributed by atoms with van der Waals surface area (Å²) in [5.41, 5.74) is 3.86. The largest absolute Gasteiger partial charge is 0.304 e. The number of nitrogens with zero attached hydrogens (tertiary/aromatic N) is 2. The molecule has 0 saturated carbocycles. The van der Waals surface area contributed by atoms with Crippen LogP contribution in [0.25, 0.3) is 10.9 Å². The zero-order valence-electron chi connectivity index (χ0n) is 15.3. The lowest BCUT2D eigenvalue weighted by Gasteiger charge is -2.20. The van der Waals surface area contributed by atoms with E-state index in [0.29, 0.717) is 0 Å². The summed E-state index contributed by atoms with van der Waals surface area (Å²) < 4.78 is 0. The summed E-state index contributed by atoms with van der Waals surface area (Å²) >= 11 is 0. The number of benzene rings is 1. The van der Waals surface area contributed by atoms with Gasteiger partial charge in [-0.1, -0.05) is 32.9 Å². The molecular formula is C21H32N2. The number of hydrogen-bond donors (Lipinski definition) is 0. The van der Waals surface area contributed by atoms with Gasteiger partial charge < -0.3 is 4.90 Å². The maximum absolute atomic E-state index is 4.52. The van der Waals surface area contributed by atoms with Crippen LogP contribution in [0.2, 0.25) is 0 Å². The van der Waals surface area contributed by atoms with Crippen LogP contribution in [-0.2, 0) is 6.42 Å². The van der Waals surface area contributed by atoms with Crippen molar-refractivity contribution in [2.75, 3.05) is 19.6 Å². The Bertz CT molecular complexity index is 606. The van der Waals surface area contributed by atoms with E-state index >= 15 is 0 Å². The van der Waals surface area contributed by atoms with Crippen LogP contribution in [0.1, 0.15) is 51.2 Å². The summed E-state index contributed by atoms with van der Waals surface area (Å²) in [5, 5.41) is 1.33. The molecule has 0 aliphatic carbocycles. The highest BCUT2D eigenvalue weighted by Crippen LogP contribution is 2.22. The Labute approximate surface area is 141 Å². The van der Waals surface area contributed by atoms with Gasteiger partial charge in [-0.2, -0.15) is 0 Å². The van der Waals surface area contributed by atoms with E-state index in [1.807, 2.05) is 6.20 Å². The number of aryl methyl sites for hydroxylation is 1. The molecule has 0 bridgehead atoms. The molecule has 0 aliphatic heterocycles. The van der Waals surface area contributed by atoms with E-state index in [0.717, 1.165) is 17.9 Å². The summed E-state index contributed by atoms with van der Waals surface area (Å²) in [7, 11) is 0. The molecule has 0 aliphatic rings. The van der Waals surface area contributed by atoms with Crippen LogP contribution < -0.4 is 0 Å². The third-order valence-electron chi connectivity index (χ3n) is 4.72. The van der Waals surface area contributed by atoms with Crippen molar-refractivity contribution in [3.63, 3.8) is 0 Å². The van der Waals surface area contributed by atoms with Crippen LogP contribution in [0.4, 0.5) is 0 Å². The Morgan fingerprint density at radius 3 is 2.70 bits per heavy atom. The van der Waals surface area contributed by atoms with Gasteiger partial charge in [0.25, 0.3) is 0 Å². The lowest BCUT2D eigenvalue weighted by atomic mass is 9.94. The average Bonchev–Trinajstić information content (AvgIpc) is 2.54. The van der Waals surface area contributed by atoms with Gasteiger partial charge in [0, 0.05) is 11.6 Å². The maximum Gasteiger partial charge on any atom is 0.0707 e. The molecule has 0 amide bonds. The molecule has 0 saturated heterocycles. The summed E-state index contributed by atoms with van der Waals surface area (Å²) in [5.74, 6) is 0.724. The molecule has 1 atom stereocenters. The van der Waals surface area contributed by atoms with E-state index in [1.165, 1.54) is 55.4 Å². The van der Waals surface area contributed by atoms with E-state index < -0.39 is 0 Å². The van der Waals surface area contributed by atoms with E-state index in [2.05, 4.69) is 61.8 Å². The first-order chi connectivity index (χ1) is 11.1. The SMILES string of the molecule is CCCN(CC)CCCC(C)Cc1ccnc2cc(C)ccc12. The molecule has 2 heteroatoms.